The van der Waals surface area contributed by atoms with Gasteiger partial charge in [0.05, 0.1) is 11.9 Å². The summed E-state index contributed by atoms with van der Waals surface area (Å²) in [6.07, 6.45) is 1.000. The van der Waals surface area contributed by atoms with Crippen LogP contribution in [0, 0.1) is 12.8 Å². The van der Waals surface area contributed by atoms with E-state index < -0.39 is 28.5 Å². The highest BCUT2D eigenvalue weighted by atomic mass is 35.5. The Balaban J connectivity index is 2.41. The molecule has 2 rings (SSSR count). The lowest BCUT2D eigenvalue weighted by molar-refractivity contribution is -0.139. The van der Waals surface area contributed by atoms with Crippen molar-refractivity contribution in [3.8, 4) is 0 Å². The molecule has 0 fully saturated rings. The first-order chi connectivity index (χ1) is 15.8. The Bertz CT molecular complexity index is 1120. The Morgan fingerprint density at radius 3 is 2.15 bits per heavy atom. The first-order valence-electron chi connectivity index (χ1n) is 10.8. The van der Waals surface area contributed by atoms with Crippen LogP contribution in [0.1, 0.15) is 31.9 Å². The van der Waals surface area contributed by atoms with E-state index in [4.69, 9.17) is 23.2 Å². The second kappa shape index (κ2) is 11.9. The minimum Gasteiger partial charge on any atom is -0.354 e. The van der Waals surface area contributed by atoms with E-state index in [9.17, 15) is 18.0 Å². The average Bonchev–Trinajstić information content (AvgIpc) is 2.73. The molecule has 7 nitrogen and oxygen atoms in total. The minimum atomic E-state index is -3.86. The number of carbonyl (C=O) groups is 2. The van der Waals surface area contributed by atoms with Crippen molar-refractivity contribution in [1.82, 2.24) is 10.2 Å². The fraction of sp³-hybridized carbons (Fsp3) is 0.417. The molecule has 1 N–H and O–H groups in total. The quantitative estimate of drug-likeness (QED) is 0.500. The number of benzene rings is 2. The van der Waals surface area contributed by atoms with E-state index in [1.165, 1.54) is 23.1 Å². The number of rotatable bonds is 10. The van der Waals surface area contributed by atoms with Crippen molar-refractivity contribution in [2.75, 3.05) is 23.7 Å². The highest BCUT2D eigenvalue weighted by molar-refractivity contribution is 7.92. The summed E-state index contributed by atoms with van der Waals surface area (Å²) in [6.45, 7) is 7.60. The van der Waals surface area contributed by atoms with Crippen molar-refractivity contribution in [2.45, 2.75) is 40.3 Å². The van der Waals surface area contributed by atoms with Crippen molar-refractivity contribution in [3.63, 3.8) is 0 Å². The summed E-state index contributed by atoms with van der Waals surface area (Å²) in [6, 6.07) is 11.0. The van der Waals surface area contributed by atoms with E-state index >= 15 is 0 Å². The highest BCUT2D eigenvalue weighted by Gasteiger charge is 2.30. The molecule has 2 aromatic carbocycles. The average molecular weight is 529 g/mol. The molecule has 0 saturated heterocycles. The second-order valence-corrected chi connectivity index (χ2v) is 11.4. The molecule has 0 saturated carbocycles. The number of nitrogens with zero attached hydrogens (tertiary/aromatic N) is 2. The van der Waals surface area contributed by atoms with E-state index in [2.05, 4.69) is 5.32 Å². The number of nitrogens with one attached hydrogen (secondary N) is 1. The summed E-state index contributed by atoms with van der Waals surface area (Å²) in [5, 5.41) is 3.32. The molecular weight excluding hydrogens is 497 g/mol. The zero-order chi connectivity index (χ0) is 25.6. The van der Waals surface area contributed by atoms with Crippen molar-refractivity contribution >= 4 is 50.7 Å². The van der Waals surface area contributed by atoms with Gasteiger partial charge in [0.25, 0.3) is 0 Å². The van der Waals surface area contributed by atoms with E-state index in [0.29, 0.717) is 6.54 Å². The van der Waals surface area contributed by atoms with E-state index in [0.717, 1.165) is 21.7 Å². The van der Waals surface area contributed by atoms with E-state index in [1.54, 1.807) is 6.92 Å². The molecular formula is C24H31Cl2N3O4S. The Morgan fingerprint density at radius 2 is 1.62 bits per heavy atom. The Kier molecular flexibility index (Phi) is 9.79. The van der Waals surface area contributed by atoms with Gasteiger partial charge in [-0.25, -0.2) is 8.42 Å². The standard InChI is InChI=1S/C24H31Cl2N3O4S/c1-16(2)13-27-24(31)18(4)28(14-19-9-7-6-8-17(19)3)23(30)15-29(34(5,32)33)22-11-20(25)10-21(26)12-22/h6-12,16,18H,13-15H2,1-5H3,(H,27,31)/t18-/m1/s1. The van der Waals surface area contributed by atoms with Crippen LogP contribution in [0.25, 0.3) is 0 Å². The number of anilines is 1. The molecule has 2 aromatic rings. The molecule has 186 valence electrons. The molecule has 0 unspecified atom stereocenters. The van der Waals surface area contributed by atoms with Gasteiger partial charge in [0, 0.05) is 23.1 Å². The van der Waals surface area contributed by atoms with Gasteiger partial charge in [0.2, 0.25) is 21.8 Å². The molecule has 2 amide bonds. The molecule has 34 heavy (non-hydrogen) atoms. The first-order valence-corrected chi connectivity index (χ1v) is 13.5. The van der Waals surface area contributed by atoms with Crippen LogP contribution in [0.2, 0.25) is 10.0 Å². The summed E-state index contributed by atoms with van der Waals surface area (Å²) in [5.41, 5.74) is 1.98. The predicted octanol–water partition coefficient (Wildman–Crippen LogP) is 4.26. The number of halogens is 2. The van der Waals surface area contributed by atoms with Gasteiger partial charge in [-0.3, -0.25) is 13.9 Å². The normalized spacial score (nSPS) is 12.4. The predicted molar refractivity (Wildman–Crippen MR) is 138 cm³/mol. The van der Waals surface area contributed by atoms with E-state index in [1.807, 2.05) is 45.0 Å². The van der Waals surface area contributed by atoms with Crippen LogP contribution in [0.5, 0.6) is 0 Å². The molecule has 0 bridgehead atoms. The minimum absolute atomic E-state index is 0.148. The summed E-state index contributed by atoms with van der Waals surface area (Å²) in [7, 11) is -3.86. The lowest BCUT2D eigenvalue weighted by Crippen LogP contribution is -2.51. The Labute approximate surface area is 212 Å². The van der Waals surface area contributed by atoms with Crippen LogP contribution < -0.4 is 9.62 Å². The molecule has 0 aromatic heterocycles. The maximum atomic E-state index is 13.5. The Hall–Kier alpha value is -2.29. The maximum absolute atomic E-state index is 13.5. The smallest absolute Gasteiger partial charge is 0.244 e. The third-order valence-electron chi connectivity index (χ3n) is 5.27. The summed E-state index contributed by atoms with van der Waals surface area (Å²) >= 11 is 12.1. The van der Waals surface area contributed by atoms with Gasteiger partial charge in [-0.05, 0) is 49.1 Å². The lowest BCUT2D eigenvalue weighted by Gasteiger charge is -2.32. The molecule has 0 aliphatic heterocycles. The number of aryl methyl sites for hydroxylation is 1. The maximum Gasteiger partial charge on any atom is 0.244 e. The molecule has 0 heterocycles. The number of amides is 2. The van der Waals surface area contributed by atoms with Crippen LogP contribution >= 0.6 is 23.2 Å². The molecule has 0 spiro atoms. The molecule has 1 atom stereocenters. The third-order valence-corrected chi connectivity index (χ3v) is 6.85. The highest BCUT2D eigenvalue weighted by Crippen LogP contribution is 2.27. The van der Waals surface area contributed by atoms with Crippen LogP contribution in [-0.2, 0) is 26.2 Å². The van der Waals surface area contributed by atoms with Crippen LogP contribution in [0.15, 0.2) is 42.5 Å². The number of carbonyl (C=O) groups excluding carboxylic acids is 2. The summed E-state index contributed by atoms with van der Waals surface area (Å²) in [5.74, 6) is -0.603. The van der Waals surface area contributed by atoms with E-state index in [-0.39, 0.29) is 34.1 Å². The number of sulfonamides is 1. The van der Waals surface area contributed by atoms with Crippen molar-refractivity contribution in [2.24, 2.45) is 5.92 Å². The number of hydrogen-bond acceptors (Lipinski definition) is 4. The van der Waals surface area contributed by atoms with Crippen molar-refractivity contribution in [1.29, 1.82) is 0 Å². The molecule has 0 radical (unpaired) electrons. The lowest BCUT2D eigenvalue weighted by atomic mass is 10.1. The second-order valence-electron chi connectivity index (χ2n) is 8.66. The Morgan fingerprint density at radius 1 is 1.03 bits per heavy atom. The molecule has 10 heteroatoms. The largest absolute Gasteiger partial charge is 0.354 e. The van der Waals surface area contributed by atoms with Crippen molar-refractivity contribution < 1.29 is 18.0 Å². The SMILES string of the molecule is Cc1ccccc1CN(C(=O)CN(c1cc(Cl)cc(Cl)c1)S(C)(=O)=O)[C@H](C)C(=O)NCC(C)C. The monoisotopic (exact) mass is 527 g/mol. The zero-order valence-corrected chi connectivity index (χ0v) is 22.3. The van der Waals surface area contributed by atoms with Gasteiger partial charge in [-0.2, -0.15) is 0 Å². The topological polar surface area (TPSA) is 86.8 Å². The molecule has 0 aliphatic rings. The summed E-state index contributed by atoms with van der Waals surface area (Å²) in [4.78, 5) is 27.7. The van der Waals surface area contributed by atoms with Gasteiger partial charge < -0.3 is 10.2 Å². The summed E-state index contributed by atoms with van der Waals surface area (Å²) < 4.78 is 26.1. The fourth-order valence-corrected chi connectivity index (χ4v) is 4.65. The fourth-order valence-electron chi connectivity index (χ4n) is 3.30. The number of hydrogen-bond donors (Lipinski definition) is 1. The van der Waals surface area contributed by atoms with Crippen molar-refractivity contribution in [3.05, 3.63) is 63.6 Å². The van der Waals surface area contributed by atoms with Crippen LogP contribution in [0.4, 0.5) is 5.69 Å². The molecule has 0 aliphatic carbocycles. The zero-order valence-electron chi connectivity index (χ0n) is 20.0. The van der Waals surface area contributed by atoms with Gasteiger partial charge in [0.1, 0.15) is 12.6 Å². The third kappa shape index (κ3) is 7.89. The first kappa shape index (κ1) is 28.0. The van der Waals surface area contributed by atoms with Gasteiger partial charge in [-0.1, -0.05) is 61.3 Å². The van der Waals surface area contributed by atoms with Gasteiger partial charge in [-0.15, -0.1) is 0 Å². The van der Waals surface area contributed by atoms with Crippen LogP contribution in [-0.4, -0.2) is 50.5 Å². The van der Waals surface area contributed by atoms with Gasteiger partial charge in [0.15, 0.2) is 0 Å². The van der Waals surface area contributed by atoms with Gasteiger partial charge >= 0.3 is 0 Å². The van der Waals surface area contributed by atoms with Crippen LogP contribution in [0.3, 0.4) is 0 Å².